The molecule has 3 aromatic carbocycles. The van der Waals surface area contributed by atoms with Crippen LogP contribution in [0.25, 0.3) is 11.8 Å². The number of carbonyl (C=O) groups excluding carboxylic acids is 1. The first-order valence-corrected chi connectivity index (χ1v) is 12.6. The van der Waals surface area contributed by atoms with Gasteiger partial charge in [0.15, 0.2) is 5.78 Å². The summed E-state index contributed by atoms with van der Waals surface area (Å²) in [6.45, 7) is 3.99. The highest BCUT2D eigenvalue weighted by Gasteiger charge is 2.42. The highest BCUT2D eigenvalue weighted by molar-refractivity contribution is 6.30. The van der Waals surface area contributed by atoms with Gasteiger partial charge in [0.05, 0.1) is 9.85 Å². The molecule has 5 rings (SSSR count). The second-order valence-electron chi connectivity index (χ2n) is 10.2. The quantitative estimate of drug-likeness (QED) is 0.207. The minimum Gasteiger partial charge on any atom is -0.358 e. The number of hydrogen-bond acceptors (Lipinski definition) is 6. The van der Waals surface area contributed by atoms with Crippen LogP contribution >= 0.6 is 11.6 Å². The van der Waals surface area contributed by atoms with E-state index in [4.69, 9.17) is 11.6 Å². The van der Waals surface area contributed by atoms with Crippen molar-refractivity contribution >= 4 is 40.5 Å². The van der Waals surface area contributed by atoms with E-state index in [1.54, 1.807) is 42.5 Å². The van der Waals surface area contributed by atoms with Crippen molar-refractivity contribution < 1.29 is 14.6 Å². The van der Waals surface area contributed by atoms with Gasteiger partial charge in [-0.1, -0.05) is 49.7 Å². The normalized spacial score (nSPS) is 19.3. The molecule has 0 bridgehead atoms. The summed E-state index contributed by atoms with van der Waals surface area (Å²) >= 11 is 6.10. The zero-order valence-corrected chi connectivity index (χ0v) is 21.9. The molecule has 0 fully saturated rings. The van der Waals surface area contributed by atoms with Crippen molar-refractivity contribution in [3.63, 3.8) is 0 Å². The molecule has 3 aromatic rings. The van der Waals surface area contributed by atoms with Crippen LogP contribution in [0.3, 0.4) is 0 Å². The Morgan fingerprint density at radius 2 is 1.46 bits per heavy atom. The molecule has 2 aliphatic rings. The van der Waals surface area contributed by atoms with Gasteiger partial charge in [-0.3, -0.25) is 25.0 Å². The van der Waals surface area contributed by atoms with E-state index in [-0.39, 0.29) is 17.2 Å². The van der Waals surface area contributed by atoms with Crippen molar-refractivity contribution in [3.05, 3.63) is 138 Å². The van der Waals surface area contributed by atoms with Crippen molar-refractivity contribution in [1.29, 1.82) is 0 Å². The molecule has 1 aliphatic heterocycles. The molecular formula is C30H24ClN3O5. The van der Waals surface area contributed by atoms with E-state index >= 15 is 0 Å². The van der Waals surface area contributed by atoms with Crippen LogP contribution in [0.2, 0.25) is 5.02 Å². The number of allylic oxidation sites excluding steroid dienone is 4. The molecule has 0 aromatic heterocycles. The molecule has 1 unspecified atom stereocenters. The third-order valence-electron chi connectivity index (χ3n) is 7.13. The average molecular weight is 542 g/mol. The zero-order chi connectivity index (χ0) is 27.9. The summed E-state index contributed by atoms with van der Waals surface area (Å²) in [6, 6.07) is 19.7. The molecular weight excluding hydrogens is 518 g/mol. The largest absolute Gasteiger partial charge is 0.358 e. The van der Waals surface area contributed by atoms with Gasteiger partial charge in [-0.25, -0.2) is 0 Å². The van der Waals surface area contributed by atoms with Gasteiger partial charge in [-0.15, -0.1) is 0 Å². The lowest BCUT2D eigenvalue weighted by atomic mass is 9.67. The van der Waals surface area contributed by atoms with Crippen molar-refractivity contribution in [1.82, 2.24) is 5.32 Å². The van der Waals surface area contributed by atoms with E-state index in [1.165, 1.54) is 24.3 Å². The number of ketones is 1. The smallest absolute Gasteiger partial charge is 0.269 e. The van der Waals surface area contributed by atoms with Crippen LogP contribution < -0.4 is 5.32 Å². The number of dihydropyridines is 1. The van der Waals surface area contributed by atoms with E-state index in [0.717, 1.165) is 22.5 Å². The van der Waals surface area contributed by atoms with Gasteiger partial charge in [-0.2, -0.15) is 0 Å². The Bertz CT molecular complexity index is 1580. The van der Waals surface area contributed by atoms with Crippen LogP contribution in [0.4, 0.5) is 11.4 Å². The zero-order valence-electron chi connectivity index (χ0n) is 21.2. The Labute approximate surface area is 229 Å². The Kier molecular flexibility index (Phi) is 6.66. The third-order valence-corrected chi connectivity index (χ3v) is 7.38. The first kappa shape index (κ1) is 26.1. The number of carbonyl (C=O) groups is 1. The number of nitro benzene ring substituents is 2. The van der Waals surface area contributed by atoms with Crippen LogP contribution in [0.5, 0.6) is 0 Å². The minimum atomic E-state index is -0.535. The van der Waals surface area contributed by atoms with E-state index < -0.39 is 21.2 Å². The van der Waals surface area contributed by atoms with Gasteiger partial charge < -0.3 is 5.32 Å². The molecule has 0 spiro atoms. The van der Waals surface area contributed by atoms with Crippen LogP contribution in [0.1, 0.15) is 42.9 Å². The molecule has 39 heavy (non-hydrogen) atoms. The number of nitrogens with zero attached hydrogens (tertiary/aromatic N) is 2. The Hall–Kier alpha value is -4.56. The van der Waals surface area contributed by atoms with Crippen LogP contribution in [0.15, 0.2) is 95.7 Å². The molecule has 196 valence electrons. The fraction of sp³-hybridized carbons (Fsp3) is 0.167. The third kappa shape index (κ3) is 5.11. The Morgan fingerprint density at radius 3 is 2.03 bits per heavy atom. The van der Waals surface area contributed by atoms with Crippen molar-refractivity contribution in [2.24, 2.45) is 5.41 Å². The van der Waals surface area contributed by atoms with Gasteiger partial charge in [0.1, 0.15) is 0 Å². The minimum absolute atomic E-state index is 0.0223. The second kappa shape index (κ2) is 9.96. The van der Waals surface area contributed by atoms with Gasteiger partial charge in [0, 0.05) is 57.7 Å². The molecule has 0 saturated heterocycles. The predicted molar refractivity (Wildman–Crippen MR) is 150 cm³/mol. The summed E-state index contributed by atoms with van der Waals surface area (Å²) in [4.78, 5) is 35.6. The molecule has 0 radical (unpaired) electrons. The molecule has 0 amide bonds. The van der Waals surface area contributed by atoms with Crippen molar-refractivity contribution in [3.8, 4) is 0 Å². The first-order valence-electron chi connectivity index (χ1n) is 12.3. The summed E-state index contributed by atoms with van der Waals surface area (Å²) in [6.07, 6.45) is 4.30. The van der Waals surface area contributed by atoms with Crippen LogP contribution in [-0.2, 0) is 4.79 Å². The number of rotatable bonds is 5. The number of nitrogens with one attached hydrogen (secondary N) is 1. The van der Waals surface area contributed by atoms with E-state index in [1.807, 2.05) is 32.1 Å². The Balaban J connectivity index is 1.61. The molecule has 1 aliphatic carbocycles. The standard InChI is InChI=1S/C30H24ClN3O5/c1-30(2)17-27-28(29(35)25(30)15-18-3-11-22(12-4-18)33(36)37)24(19-7-13-23(14-8-19)34(38)39)16-26(32-27)20-5-9-21(31)10-6-20/h3-16,24,32H,17H2,1-2H3/b25-15+. The number of benzene rings is 3. The van der Waals surface area contributed by atoms with Gasteiger partial charge in [-0.05, 0) is 64.9 Å². The maximum Gasteiger partial charge on any atom is 0.269 e. The number of halogens is 1. The summed E-state index contributed by atoms with van der Waals surface area (Å²) in [5.74, 6) is -0.585. The molecule has 0 saturated carbocycles. The maximum atomic E-state index is 14.2. The average Bonchev–Trinajstić information content (AvgIpc) is 2.91. The summed E-state index contributed by atoms with van der Waals surface area (Å²) < 4.78 is 0. The topological polar surface area (TPSA) is 115 Å². The summed E-state index contributed by atoms with van der Waals surface area (Å²) in [5.41, 5.74) is 4.54. The molecule has 9 heteroatoms. The number of nitro groups is 2. The van der Waals surface area contributed by atoms with E-state index in [2.05, 4.69) is 5.32 Å². The van der Waals surface area contributed by atoms with Crippen LogP contribution in [0, 0.1) is 25.6 Å². The fourth-order valence-corrected chi connectivity index (χ4v) is 5.23. The highest BCUT2D eigenvalue weighted by atomic mass is 35.5. The number of non-ortho nitro benzene ring substituents is 2. The number of Topliss-reactive ketones (excluding diaryl/α,β-unsaturated/α-hetero) is 1. The molecule has 1 heterocycles. The SMILES string of the molecule is CC1(C)CC2=C(C(=O)/C1=C\c1ccc([N+](=O)[O-])cc1)C(c1ccc([N+](=O)[O-])cc1)C=C(c1ccc(Cl)cc1)N2. The van der Waals surface area contributed by atoms with Gasteiger partial charge in [0.2, 0.25) is 0 Å². The van der Waals surface area contributed by atoms with Crippen molar-refractivity contribution in [2.45, 2.75) is 26.2 Å². The summed E-state index contributed by atoms with van der Waals surface area (Å²) in [7, 11) is 0. The fourth-order valence-electron chi connectivity index (χ4n) is 5.10. The molecule has 8 nitrogen and oxygen atoms in total. The lowest BCUT2D eigenvalue weighted by Gasteiger charge is -2.40. The highest BCUT2D eigenvalue weighted by Crippen LogP contribution is 2.48. The van der Waals surface area contributed by atoms with Crippen LogP contribution in [-0.4, -0.2) is 15.6 Å². The van der Waals surface area contributed by atoms with E-state index in [0.29, 0.717) is 28.2 Å². The molecule has 1 atom stereocenters. The van der Waals surface area contributed by atoms with Gasteiger partial charge in [0.25, 0.3) is 11.4 Å². The predicted octanol–water partition coefficient (Wildman–Crippen LogP) is 7.22. The van der Waals surface area contributed by atoms with Gasteiger partial charge >= 0.3 is 0 Å². The summed E-state index contributed by atoms with van der Waals surface area (Å²) in [5, 5.41) is 26.4. The first-order chi connectivity index (χ1) is 18.5. The second-order valence-corrected chi connectivity index (χ2v) is 10.7. The maximum absolute atomic E-state index is 14.2. The van der Waals surface area contributed by atoms with E-state index in [9.17, 15) is 25.0 Å². The Morgan fingerprint density at radius 1 is 0.897 bits per heavy atom. The molecule has 1 N–H and O–H groups in total. The van der Waals surface area contributed by atoms with Crippen molar-refractivity contribution in [2.75, 3.05) is 0 Å². The lowest BCUT2D eigenvalue weighted by molar-refractivity contribution is -0.385. The lowest BCUT2D eigenvalue weighted by Crippen LogP contribution is -2.37. The number of hydrogen-bond donors (Lipinski definition) is 1. The monoisotopic (exact) mass is 541 g/mol.